The number of alkyl halides is 32. The van der Waals surface area contributed by atoms with Gasteiger partial charge in [0.25, 0.3) is 5.67 Å². The van der Waals surface area contributed by atoms with Gasteiger partial charge in [-0.25, -0.2) is 8.78 Å². The Kier molecular flexibility index (Phi) is 12.9. The second-order valence-electron chi connectivity index (χ2n) is 8.62. The largest absolute Gasteiger partial charge is 0.460 e. The molecule has 0 aliphatic rings. The van der Waals surface area contributed by atoms with E-state index in [-0.39, 0.29) is 0 Å². The quantitative estimate of drug-likeness (QED) is 0.169. The molecule has 0 radical (unpaired) electrons. The molecular weight excluding hydrogens is 824 g/mol. The van der Waals surface area contributed by atoms with Gasteiger partial charge in [-0.1, -0.05) is 0 Å². The first-order chi connectivity index (χ1) is 20.9. The minimum Gasteiger partial charge on any atom is -0.222 e. The van der Waals surface area contributed by atoms with Crippen molar-refractivity contribution in [1.82, 2.24) is 0 Å². The Morgan fingerprint density at radius 1 is 0.200 bits per heavy atom. The van der Waals surface area contributed by atoms with Crippen LogP contribution in [0.15, 0.2) is 24.3 Å². The molecule has 0 nitrogen and oxygen atoms in total. The summed E-state index contributed by atoms with van der Waals surface area (Å²) in [7, 11) is 0. The van der Waals surface area contributed by atoms with E-state index in [0.29, 0.717) is 0 Å². The van der Waals surface area contributed by atoms with Crippen molar-refractivity contribution in [3.8, 4) is 0 Å². The van der Waals surface area contributed by atoms with E-state index in [9.17, 15) is 140 Å². The first kappa shape index (κ1) is 49.4. The lowest BCUT2D eigenvalue weighted by Crippen LogP contribution is -2.64. The summed E-state index contributed by atoms with van der Waals surface area (Å²) in [6.07, 6.45) is -53.3. The van der Waals surface area contributed by atoms with Gasteiger partial charge < -0.3 is 0 Å². The molecule has 0 amide bonds. The van der Waals surface area contributed by atoms with Gasteiger partial charge in [0, 0.05) is 0 Å². The third kappa shape index (κ3) is 8.64. The van der Waals surface area contributed by atoms with Crippen molar-refractivity contribution in [2.45, 2.75) is 83.9 Å². The highest BCUT2D eigenvalue weighted by Crippen LogP contribution is 2.57. The van der Waals surface area contributed by atoms with Crippen LogP contribution in [0.4, 0.5) is 140 Å². The Morgan fingerprint density at radius 2 is 0.420 bits per heavy atom. The van der Waals surface area contributed by atoms with Crippen molar-refractivity contribution < 1.29 is 140 Å². The predicted molar refractivity (Wildman–Crippen MR) is 92.0 cm³/mol. The lowest BCUT2D eigenvalue weighted by molar-refractivity contribution is -0.387. The van der Waals surface area contributed by atoms with E-state index in [0.717, 1.165) is 0 Å². The molecule has 50 heavy (non-hydrogen) atoms. The highest BCUT2D eigenvalue weighted by Gasteiger charge is 2.84. The Balaban J connectivity index is 0. The molecule has 0 aromatic rings. The van der Waals surface area contributed by atoms with Crippen molar-refractivity contribution in [3.05, 3.63) is 24.3 Å². The van der Waals surface area contributed by atoms with Crippen molar-refractivity contribution in [1.29, 1.82) is 0 Å². The molecule has 0 spiro atoms. The third-order valence-electron chi connectivity index (χ3n) is 5.04. The molecular formula is C18H4F32. The smallest absolute Gasteiger partial charge is 0.222 e. The molecule has 0 aromatic heterocycles. The van der Waals surface area contributed by atoms with Crippen LogP contribution < -0.4 is 0 Å². The summed E-state index contributed by atoms with van der Waals surface area (Å²) in [4.78, 5) is 0. The molecule has 0 rings (SSSR count). The van der Waals surface area contributed by atoms with Gasteiger partial charge in [0.15, 0.2) is 0 Å². The van der Waals surface area contributed by atoms with Gasteiger partial charge in [0.2, 0.25) is 0 Å². The highest BCUT2D eigenvalue weighted by atomic mass is 19.5. The van der Waals surface area contributed by atoms with E-state index in [1.54, 1.807) is 0 Å². The Morgan fingerprint density at radius 3 is 0.620 bits per heavy atom. The van der Waals surface area contributed by atoms with Crippen LogP contribution >= 0.6 is 0 Å². The molecule has 0 saturated heterocycles. The van der Waals surface area contributed by atoms with Crippen molar-refractivity contribution in [2.75, 3.05) is 0 Å². The van der Waals surface area contributed by atoms with Gasteiger partial charge in [-0.2, -0.15) is 132 Å². The molecule has 0 heterocycles. The topological polar surface area (TPSA) is 0 Å². The second-order valence-corrected chi connectivity index (χ2v) is 8.62. The molecule has 0 aromatic carbocycles. The minimum atomic E-state index is -7.53. The molecule has 0 bridgehead atoms. The maximum Gasteiger partial charge on any atom is 0.460 e. The standard InChI is InChI=1S/2C9H2F16/c10-3(11,5(14,7(17,18)19)8(20,21)22)1-2-4(12,13)6(15,16)9(23,24)25;10-3(7(17,18)19,5(13,14)8(20,21)22)1-2-4(11,12)6(15,16)9(23,24)25/h2*1-2H/b2*2-1+. The van der Waals surface area contributed by atoms with Gasteiger partial charge >= 0.3 is 78.3 Å². The zero-order valence-corrected chi connectivity index (χ0v) is 21.4. The van der Waals surface area contributed by atoms with Crippen LogP contribution in [0.2, 0.25) is 0 Å². The van der Waals surface area contributed by atoms with Gasteiger partial charge in [-0.05, 0) is 24.3 Å². The summed E-state index contributed by atoms with van der Waals surface area (Å²) in [6.45, 7) is 0. The summed E-state index contributed by atoms with van der Waals surface area (Å²) in [5.74, 6) is -42.3. The van der Waals surface area contributed by atoms with Crippen molar-refractivity contribution in [2.24, 2.45) is 0 Å². The third-order valence-corrected chi connectivity index (χ3v) is 5.04. The van der Waals surface area contributed by atoms with Crippen molar-refractivity contribution in [3.63, 3.8) is 0 Å². The van der Waals surface area contributed by atoms with E-state index in [4.69, 9.17) is 0 Å². The highest BCUT2D eigenvalue weighted by molar-refractivity contribution is 5.21. The summed E-state index contributed by atoms with van der Waals surface area (Å²) >= 11 is 0. The Hall–Kier alpha value is -2.76. The number of halogens is 32. The number of hydrogen-bond acceptors (Lipinski definition) is 0. The van der Waals surface area contributed by atoms with Crippen LogP contribution in [0.1, 0.15) is 0 Å². The lowest BCUT2D eigenvalue weighted by Gasteiger charge is -2.35. The molecule has 0 N–H and O–H groups in total. The SMILES string of the molecule is FC(F)(F)C(F)(F)C(F)(F)/C=C/C(F)(C(F)(F)F)C(F)(F)C(F)(F)F.FC(F)(F)C(F)(F)C(F)(F)/C=C/C(F)(F)C(F)(C(F)(F)F)C(F)(F)F. The van der Waals surface area contributed by atoms with Crippen LogP contribution in [0.3, 0.4) is 0 Å². The summed E-state index contributed by atoms with van der Waals surface area (Å²) < 4.78 is 392. The van der Waals surface area contributed by atoms with E-state index >= 15 is 0 Å². The first-order valence-electron chi connectivity index (χ1n) is 10.4. The molecule has 0 aliphatic carbocycles. The lowest BCUT2D eigenvalue weighted by atomic mass is 9.94. The van der Waals surface area contributed by atoms with Gasteiger partial charge in [-0.3, -0.25) is 0 Å². The average molecular weight is 828 g/mol. The van der Waals surface area contributed by atoms with Crippen LogP contribution in [0.25, 0.3) is 0 Å². The fraction of sp³-hybridized carbons (Fsp3) is 0.778. The van der Waals surface area contributed by atoms with E-state index in [1.165, 1.54) is 0 Å². The molecule has 0 aliphatic heterocycles. The first-order valence-corrected chi connectivity index (χ1v) is 10.4. The van der Waals surface area contributed by atoms with Crippen LogP contribution in [-0.4, -0.2) is 83.9 Å². The molecule has 1 atom stereocenters. The molecule has 32 heteroatoms. The normalized spacial score (nSPS) is 17.6. The number of rotatable bonds is 8. The Labute approximate surface area is 250 Å². The minimum absolute atomic E-state index is 2.29. The van der Waals surface area contributed by atoms with Gasteiger partial charge in [0.05, 0.1) is 0 Å². The summed E-state index contributed by atoms with van der Waals surface area (Å²) in [5, 5.41) is 0. The monoisotopic (exact) mass is 828 g/mol. The van der Waals surface area contributed by atoms with Gasteiger partial charge in [-0.15, -0.1) is 0 Å². The van der Waals surface area contributed by atoms with E-state index in [1.807, 2.05) is 0 Å². The predicted octanol–water partition coefficient (Wildman–Crippen LogP) is 11.7. The van der Waals surface area contributed by atoms with Crippen LogP contribution in [-0.2, 0) is 0 Å². The zero-order valence-electron chi connectivity index (χ0n) is 21.4. The maximum absolute atomic E-state index is 13.2. The summed E-state index contributed by atoms with van der Waals surface area (Å²) in [6, 6.07) is 0. The van der Waals surface area contributed by atoms with Crippen LogP contribution in [0.5, 0.6) is 0 Å². The van der Waals surface area contributed by atoms with Crippen LogP contribution in [0, 0.1) is 0 Å². The fourth-order valence-electron chi connectivity index (χ4n) is 2.25. The number of allylic oxidation sites excluding steroid dienone is 4. The maximum atomic E-state index is 13.2. The fourth-order valence-corrected chi connectivity index (χ4v) is 2.25. The average Bonchev–Trinajstić information content (AvgIpc) is 2.81. The molecule has 1 unspecified atom stereocenters. The van der Waals surface area contributed by atoms with E-state index in [2.05, 4.69) is 0 Å². The zero-order chi connectivity index (χ0) is 41.8. The molecule has 0 saturated carbocycles. The van der Waals surface area contributed by atoms with E-state index < -0.39 is 108 Å². The van der Waals surface area contributed by atoms with Crippen molar-refractivity contribution >= 4 is 0 Å². The van der Waals surface area contributed by atoms with Gasteiger partial charge in [0.1, 0.15) is 0 Å². The summed E-state index contributed by atoms with van der Waals surface area (Å²) in [5.41, 5.74) is -14.6. The molecule has 300 valence electrons. The second kappa shape index (κ2) is 13.0. The Bertz CT molecular complexity index is 1170. The molecule has 0 fully saturated rings. The number of hydrogen-bond donors (Lipinski definition) is 0.